The normalized spacial score (nSPS) is 11.1. The molecule has 6 heteroatoms. The number of esters is 1. The summed E-state index contributed by atoms with van der Waals surface area (Å²) in [6.07, 6.45) is 1.43. The summed E-state index contributed by atoms with van der Waals surface area (Å²) in [4.78, 5) is 22.6. The number of carbonyl (C=O) groups excluding carboxylic acids is 1. The van der Waals surface area contributed by atoms with E-state index in [1.54, 1.807) is 43.3 Å². The molecule has 0 spiro atoms. The molecule has 2 aromatic rings. The second-order valence-corrected chi connectivity index (χ2v) is 5.44. The summed E-state index contributed by atoms with van der Waals surface area (Å²) < 4.78 is 10.9. The lowest BCUT2D eigenvalue weighted by Gasteiger charge is -2.11. The van der Waals surface area contributed by atoms with Gasteiger partial charge in [-0.1, -0.05) is 23.8 Å². The predicted octanol–water partition coefficient (Wildman–Crippen LogP) is 4.25. The van der Waals surface area contributed by atoms with Crippen LogP contribution in [0.5, 0.6) is 11.5 Å². The van der Waals surface area contributed by atoms with Crippen LogP contribution in [0.15, 0.2) is 48.2 Å². The molecule has 0 N–H and O–H groups in total. The molecule has 2 aromatic carbocycles. The van der Waals surface area contributed by atoms with Gasteiger partial charge in [-0.15, -0.1) is 0 Å². The van der Waals surface area contributed by atoms with E-state index in [0.717, 1.165) is 5.56 Å². The van der Waals surface area contributed by atoms with E-state index < -0.39 is 10.9 Å². The van der Waals surface area contributed by atoms with Crippen LogP contribution in [0.1, 0.15) is 35.3 Å². The third-order valence-electron chi connectivity index (χ3n) is 3.39. The molecular formula is C19H19NO5. The Balaban J connectivity index is 2.29. The van der Waals surface area contributed by atoms with E-state index in [4.69, 9.17) is 9.47 Å². The fourth-order valence-corrected chi connectivity index (χ4v) is 2.19. The van der Waals surface area contributed by atoms with Gasteiger partial charge < -0.3 is 9.47 Å². The van der Waals surface area contributed by atoms with Crippen molar-refractivity contribution in [3.8, 4) is 11.5 Å². The summed E-state index contributed by atoms with van der Waals surface area (Å²) in [5.41, 5.74) is 1.99. The summed E-state index contributed by atoms with van der Waals surface area (Å²) in [7, 11) is 0. The molecule has 130 valence electrons. The lowest BCUT2D eigenvalue weighted by molar-refractivity contribution is -0.422. The lowest BCUT2D eigenvalue weighted by Crippen LogP contribution is -2.10. The fourth-order valence-electron chi connectivity index (χ4n) is 2.19. The number of nitrogens with zero attached hydrogens (tertiary/aromatic N) is 1. The van der Waals surface area contributed by atoms with Crippen molar-refractivity contribution < 1.29 is 19.2 Å². The van der Waals surface area contributed by atoms with Crippen LogP contribution in [-0.4, -0.2) is 17.5 Å². The van der Waals surface area contributed by atoms with Crippen molar-refractivity contribution in [1.29, 1.82) is 0 Å². The van der Waals surface area contributed by atoms with Gasteiger partial charge in [0.05, 0.1) is 17.1 Å². The molecular weight excluding hydrogens is 322 g/mol. The molecule has 0 fully saturated rings. The fraction of sp³-hybridized carbons (Fsp3) is 0.211. The number of ether oxygens (including phenoxy) is 2. The molecule has 0 bridgehead atoms. The maximum absolute atomic E-state index is 12.3. The maximum Gasteiger partial charge on any atom is 0.343 e. The largest absolute Gasteiger partial charge is 0.490 e. The molecule has 0 aliphatic rings. The average Bonchev–Trinajstić information content (AvgIpc) is 2.57. The minimum absolute atomic E-state index is 0.00644. The van der Waals surface area contributed by atoms with Crippen LogP contribution in [0.25, 0.3) is 6.08 Å². The number of hydrogen-bond acceptors (Lipinski definition) is 5. The molecule has 2 rings (SSSR count). The van der Waals surface area contributed by atoms with Gasteiger partial charge in [0.15, 0.2) is 11.5 Å². The number of nitro groups is 1. The average molecular weight is 341 g/mol. The molecule has 25 heavy (non-hydrogen) atoms. The number of aryl methyl sites for hydroxylation is 1. The van der Waals surface area contributed by atoms with Gasteiger partial charge in [0.2, 0.25) is 5.70 Å². The Hall–Kier alpha value is -3.15. The Morgan fingerprint density at radius 1 is 1.20 bits per heavy atom. The predicted molar refractivity (Wildman–Crippen MR) is 94.4 cm³/mol. The van der Waals surface area contributed by atoms with E-state index in [1.165, 1.54) is 13.0 Å². The zero-order chi connectivity index (χ0) is 18.4. The Kier molecular flexibility index (Phi) is 5.89. The monoisotopic (exact) mass is 341 g/mol. The third kappa shape index (κ3) is 4.91. The van der Waals surface area contributed by atoms with Crippen LogP contribution in [0.3, 0.4) is 0 Å². The van der Waals surface area contributed by atoms with Crippen molar-refractivity contribution in [3.05, 3.63) is 75.0 Å². The first-order valence-corrected chi connectivity index (χ1v) is 7.79. The molecule has 0 aliphatic heterocycles. The molecule has 0 heterocycles. The van der Waals surface area contributed by atoms with E-state index in [0.29, 0.717) is 23.5 Å². The third-order valence-corrected chi connectivity index (χ3v) is 3.39. The van der Waals surface area contributed by atoms with Gasteiger partial charge >= 0.3 is 5.97 Å². The van der Waals surface area contributed by atoms with Gasteiger partial charge in [-0.2, -0.15) is 0 Å². The summed E-state index contributed by atoms with van der Waals surface area (Å²) >= 11 is 0. The van der Waals surface area contributed by atoms with Gasteiger partial charge in [-0.3, -0.25) is 10.1 Å². The van der Waals surface area contributed by atoms with Crippen molar-refractivity contribution in [2.24, 2.45) is 0 Å². The highest BCUT2D eigenvalue weighted by Crippen LogP contribution is 2.30. The highest BCUT2D eigenvalue weighted by Gasteiger charge is 2.14. The topological polar surface area (TPSA) is 78.7 Å². The number of benzene rings is 2. The summed E-state index contributed by atoms with van der Waals surface area (Å²) in [6.45, 7) is 5.47. The van der Waals surface area contributed by atoms with Crippen molar-refractivity contribution in [3.63, 3.8) is 0 Å². The Morgan fingerprint density at radius 3 is 2.60 bits per heavy atom. The molecule has 6 nitrogen and oxygen atoms in total. The molecule has 0 unspecified atom stereocenters. The smallest absolute Gasteiger partial charge is 0.343 e. The van der Waals surface area contributed by atoms with Crippen molar-refractivity contribution in [1.82, 2.24) is 0 Å². The molecule has 0 radical (unpaired) electrons. The first-order chi connectivity index (χ1) is 11.9. The second kappa shape index (κ2) is 8.10. The molecule has 0 saturated carbocycles. The van der Waals surface area contributed by atoms with E-state index >= 15 is 0 Å². The number of carbonyl (C=O) groups is 1. The maximum atomic E-state index is 12.3. The second-order valence-electron chi connectivity index (χ2n) is 5.44. The molecule has 0 aromatic heterocycles. The van der Waals surface area contributed by atoms with Crippen molar-refractivity contribution >= 4 is 12.0 Å². The minimum Gasteiger partial charge on any atom is -0.490 e. The first kappa shape index (κ1) is 18.2. The van der Waals surface area contributed by atoms with Gasteiger partial charge in [0, 0.05) is 13.0 Å². The van der Waals surface area contributed by atoms with E-state index in [2.05, 4.69) is 0 Å². The van der Waals surface area contributed by atoms with E-state index in [-0.39, 0.29) is 11.4 Å². The van der Waals surface area contributed by atoms with Crippen LogP contribution in [0.2, 0.25) is 0 Å². The van der Waals surface area contributed by atoms with Crippen LogP contribution in [0.4, 0.5) is 0 Å². The standard InChI is InChI=1S/C19H19NO5/c1-4-24-18-12-15(11-14(3)20(22)23)8-9-17(18)25-19(21)16-7-5-6-13(2)10-16/h5-12H,4H2,1-3H3/b14-11-. The lowest BCUT2D eigenvalue weighted by atomic mass is 10.1. The number of allylic oxidation sites excluding steroid dienone is 1. The molecule has 0 atom stereocenters. The zero-order valence-corrected chi connectivity index (χ0v) is 14.3. The minimum atomic E-state index is -0.491. The van der Waals surface area contributed by atoms with Gasteiger partial charge in [0.1, 0.15) is 0 Å². The number of rotatable bonds is 6. The highest BCUT2D eigenvalue weighted by molar-refractivity contribution is 5.91. The zero-order valence-electron chi connectivity index (χ0n) is 14.3. The Labute approximate surface area is 145 Å². The first-order valence-electron chi connectivity index (χ1n) is 7.79. The summed E-state index contributed by atoms with van der Waals surface area (Å²) in [5, 5.41) is 10.7. The highest BCUT2D eigenvalue weighted by atomic mass is 16.6. The van der Waals surface area contributed by atoms with Gasteiger partial charge in [0.25, 0.3) is 0 Å². The Morgan fingerprint density at radius 2 is 1.96 bits per heavy atom. The van der Waals surface area contributed by atoms with Crippen LogP contribution >= 0.6 is 0 Å². The Bertz CT molecular complexity index is 826. The van der Waals surface area contributed by atoms with Crippen LogP contribution in [0, 0.1) is 17.0 Å². The van der Waals surface area contributed by atoms with Crippen LogP contribution < -0.4 is 9.47 Å². The molecule has 0 saturated heterocycles. The number of hydrogen-bond donors (Lipinski definition) is 0. The summed E-state index contributed by atoms with van der Waals surface area (Å²) in [5.74, 6) is 0.132. The quantitative estimate of drug-likeness (QED) is 0.340. The molecule has 0 amide bonds. The van der Waals surface area contributed by atoms with E-state index in [9.17, 15) is 14.9 Å². The van der Waals surface area contributed by atoms with Crippen LogP contribution in [-0.2, 0) is 0 Å². The summed E-state index contributed by atoms with van der Waals surface area (Å²) in [6, 6.07) is 11.9. The molecule has 0 aliphatic carbocycles. The van der Waals surface area contributed by atoms with Gasteiger partial charge in [-0.25, -0.2) is 4.79 Å². The van der Waals surface area contributed by atoms with Crippen molar-refractivity contribution in [2.75, 3.05) is 6.61 Å². The SMILES string of the molecule is CCOc1cc(/C=C(/C)[N+](=O)[O-])ccc1OC(=O)c1cccc(C)c1. The van der Waals surface area contributed by atoms with Gasteiger partial charge in [-0.05, 0) is 43.7 Å². The van der Waals surface area contributed by atoms with Crippen molar-refractivity contribution in [2.45, 2.75) is 20.8 Å². The van der Waals surface area contributed by atoms with E-state index in [1.807, 2.05) is 13.0 Å².